The van der Waals surface area contributed by atoms with E-state index in [0.717, 1.165) is 37.9 Å². The number of rotatable bonds is 9. The van der Waals surface area contributed by atoms with Crippen molar-refractivity contribution in [3.63, 3.8) is 0 Å². The summed E-state index contributed by atoms with van der Waals surface area (Å²) in [5.41, 5.74) is 2.31. The smallest absolute Gasteiger partial charge is 0.0716 e. The van der Waals surface area contributed by atoms with Crippen LogP contribution in [0.25, 0.3) is 0 Å². The van der Waals surface area contributed by atoms with Crippen LogP contribution in [0.4, 0.5) is 0 Å². The minimum Gasteiger partial charge on any atom is -0.377 e. The summed E-state index contributed by atoms with van der Waals surface area (Å²) in [6.45, 7) is 7.45. The molecule has 0 aliphatic rings. The molecule has 0 amide bonds. The highest BCUT2D eigenvalue weighted by Gasteiger charge is 1.93. The molecule has 1 aromatic carbocycles. The zero-order valence-electron chi connectivity index (χ0n) is 12.7. The lowest BCUT2D eigenvalue weighted by Gasteiger charge is -2.03. The van der Waals surface area contributed by atoms with E-state index >= 15 is 0 Å². The molecule has 20 heavy (non-hydrogen) atoms. The van der Waals surface area contributed by atoms with Gasteiger partial charge in [0.2, 0.25) is 0 Å². The Morgan fingerprint density at radius 1 is 1.15 bits per heavy atom. The van der Waals surface area contributed by atoms with Crippen LogP contribution >= 0.6 is 0 Å². The van der Waals surface area contributed by atoms with Crippen LogP contribution in [0.1, 0.15) is 56.6 Å². The highest BCUT2D eigenvalue weighted by atomic mass is 16.5. The Labute approximate surface area is 124 Å². The average Bonchev–Trinajstić information content (AvgIpc) is 2.49. The molecule has 0 aliphatic carbocycles. The van der Waals surface area contributed by atoms with E-state index in [4.69, 9.17) is 4.74 Å². The molecule has 0 N–H and O–H groups in total. The minimum atomic E-state index is 0.704. The van der Waals surface area contributed by atoms with E-state index < -0.39 is 0 Å². The number of unbranched alkanes of at least 4 members (excludes halogenated alkanes) is 4. The molecule has 0 aromatic heterocycles. The predicted molar refractivity (Wildman–Crippen MR) is 86.5 cm³/mol. The van der Waals surface area contributed by atoms with Gasteiger partial charge in [0.15, 0.2) is 0 Å². The maximum atomic E-state index is 5.59. The summed E-state index contributed by atoms with van der Waals surface area (Å²) in [7, 11) is 0. The minimum absolute atomic E-state index is 0.704. The maximum absolute atomic E-state index is 5.59. The van der Waals surface area contributed by atoms with E-state index in [2.05, 4.69) is 49.6 Å². The van der Waals surface area contributed by atoms with Crippen LogP contribution in [0.2, 0.25) is 0 Å². The van der Waals surface area contributed by atoms with Gasteiger partial charge in [0.05, 0.1) is 6.61 Å². The fourth-order valence-electron chi connectivity index (χ4n) is 1.79. The van der Waals surface area contributed by atoms with Crippen LogP contribution in [-0.4, -0.2) is 6.61 Å². The molecule has 0 aliphatic heterocycles. The van der Waals surface area contributed by atoms with Crippen molar-refractivity contribution in [1.82, 2.24) is 0 Å². The van der Waals surface area contributed by atoms with Gasteiger partial charge in [-0.3, -0.25) is 0 Å². The van der Waals surface area contributed by atoms with Crippen LogP contribution < -0.4 is 0 Å². The first-order valence-electron chi connectivity index (χ1n) is 7.63. The molecule has 0 bridgehead atoms. The molecule has 0 saturated carbocycles. The summed E-state index contributed by atoms with van der Waals surface area (Å²) in [4.78, 5) is 0. The van der Waals surface area contributed by atoms with Gasteiger partial charge in [0.25, 0.3) is 0 Å². The van der Waals surface area contributed by atoms with Gasteiger partial charge >= 0.3 is 0 Å². The standard InChI is InChI=1S/C19H26O/c1-3-5-7-8-9-10-11-18-12-14-19(15-13-18)17-20-16-6-4-2/h3,12-15H,1,4-9,16-17H2,2H3. The molecule has 108 valence electrons. The Morgan fingerprint density at radius 3 is 2.65 bits per heavy atom. The number of ether oxygens (including phenoxy) is 1. The highest BCUT2D eigenvalue weighted by Crippen LogP contribution is 2.06. The molecule has 0 saturated heterocycles. The Kier molecular flexibility index (Phi) is 9.36. The Bertz CT molecular complexity index is 419. The summed E-state index contributed by atoms with van der Waals surface area (Å²) in [5.74, 6) is 6.43. The largest absolute Gasteiger partial charge is 0.377 e. The third-order valence-electron chi connectivity index (χ3n) is 3.06. The van der Waals surface area contributed by atoms with Crippen LogP contribution in [-0.2, 0) is 11.3 Å². The van der Waals surface area contributed by atoms with Gasteiger partial charge in [-0.2, -0.15) is 0 Å². The van der Waals surface area contributed by atoms with Crippen LogP contribution in [0.5, 0.6) is 0 Å². The van der Waals surface area contributed by atoms with Crippen molar-refractivity contribution in [2.45, 2.75) is 52.1 Å². The van der Waals surface area contributed by atoms with Crippen molar-refractivity contribution >= 4 is 0 Å². The summed E-state index contributed by atoms with van der Waals surface area (Å²) < 4.78 is 5.59. The number of allylic oxidation sites excluding steroid dienone is 1. The lowest BCUT2D eigenvalue weighted by atomic mass is 10.1. The molecule has 0 atom stereocenters. The van der Waals surface area contributed by atoms with Crippen molar-refractivity contribution in [3.8, 4) is 11.8 Å². The Hall–Kier alpha value is -1.52. The van der Waals surface area contributed by atoms with Gasteiger partial charge in [-0.1, -0.05) is 43.4 Å². The zero-order chi connectivity index (χ0) is 14.5. The Balaban J connectivity index is 2.27. The first-order chi connectivity index (χ1) is 9.86. The molecule has 0 radical (unpaired) electrons. The van der Waals surface area contributed by atoms with Crippen molar-refractivity contribution in [2.24, 2.45) is 0 Å². The molecule has 0 heterocycles. The second kappa shape index (κ2) is 11.3. The van der Waals surface area contributed by atoms with Gasteiger partial charge in [0.1, 0.15) is 0 Å². The molecular formula is C19H26O. The fourth-order valence-corrected chi connectivity index (χ4v) is 1.79. The predicted octanol–water partition coefficient (Wildman–Crippen LogP) is 5.10. The van der Waals surface area contributed by atoms with Gasteiger partial charge < -0.3 is 4.74 Å². The van der Waals surface area contributed by atoms with Gasteiger partial charge in [-0.25, -0.2) is 0 Å². The van der Waals surface area contributed by atoms with Crippen molar-refractivity contribution in [1.29, 1.82) is 0 Å². The van der Waals surface area contributed by atoms with E-state index in [-0.39, 0.29) is 0 Å². The lowest BCUT2D eigenvalue weighted by Crippen LogP contribution is -1.94. The second-order valence-corrected chi connectivity index (χ2v) is 4.94. The van der Waals surface area contributed by atoms with Gasteiger partial charge in [0, 0.05) is 18.6 Å². The Morgan fingerprint density at radius 2 is 1.95 bits per heavy atom. The third-order valence-corrected chi connectivity index (χ3v) is 3.06. The summed E-state index contributed by atoms with van der Waals surface area (Å²) in [6.07, 6.45) is 8.68. The number of hydrogen-bond acceptors (Lipinski definition) is 1. The van der Waals surface area contributed by atoms with E-state index in [9.17, 15) is 0 Å². The van der Waals surface area contributed by atoms with Crippen molar-refractivity contribution < 1.29 is 4.74 Å². The number of benzene rings is 1. The van der Waals surface area contributed by atoms with Gasteiger partial charge in [-0.05, 0) is 43.4 Å². The SMILES string of the molecule is C=CCCCCC#Cc1ccc(COCCCC)cc1. The van der Waals surface area contributed by atoms with Crippen LogP contribution in [0.15, 0.2) is 36.9 Å². The normalized spacial score (nSPS) is 9.85. The van der Waals surface area contributed by atoms with Crippen LogP contribution in [0, 0.1) is 11.8 Å². The monoisotopic (exact) mass is 270 g/mol. The van der Waals surface area contributed by atoms with Crippen molar-refractivity contribution in [2.75, 3.05) is 6.61 Å². The quantitative estimate of drug-likeness (QED) is 0.344. The van der Waals surface area contributed by atoms with E-state index in [0.29, 0.717) is 6.61 Å². The van der Waals surface area contributed by atoms with E-state index in [1.807, 2.05) is 6.08 Å². The molecule has 0 spiro atoms. The maximum Gasteiger partial charge on any atom is 0.0716 e. The van der Waals surface area contributed by atoms with Gasteiger partial charge in [-0.15, -0.1) is 6.58 Å². The van der Waals surface area contributed by atoms with Crippen molar-refractivity contribution in [3.05, 3.63) is 48.0 Å². The van der Waals surface area contributed by atoms with E-state index in [1.165, 1.54) is 18.4 Å². The third kappa shape index (κ3) is 7.81. The molecular weight excluding hydrogens is 244 g/mol. The highest BCUT2D eigenvalue weighted by molar-refractivity contribution is 5.35. The lowest BCUT2D eigenvalue weighted by molar-refractivity contribution is 0.118. The molecule has 1 rings (SSSR count). The second-order valence-electron chi connectivity index (χ2n) is 4.94. The first-order valence-corrected chi connectivity index (χ1v) is 7.63. The molecule has 0 unspecified atom stereocenters. The van der Waals surface area contributed by atoms with Crippen LogP contribution in [0.3, 0.4) is 0 Å². The number of hydrogen-bond donors (Lipinski definition) is 0. The molecule has 0 fully saturated rings. The average molecular weight is 270 g/mol. The summed E-state index contributed by atoms with van der Waals surface area (Å²) >= 11 is 0. The first kappa shape index (κ1) is 16.5. The summed E-state index contributed by atoms with van der Waals surface area (Å²) in [6, 6.07) is 8.37. The zero-order valence-corrected chi connectivity index (χ0v) is 12.7. The molecule has 1 aromatic rings. The summed E-state index contributed by atoms with van der Waals surface area (Å²) in [5, 5.41) is 0. The van der Waals surface area contributed by atoms with E-state index in [1.54, 1.807) is 0 Å². The molecule has 1 nitrogen and oxygen atoms in total. The molecule has 1 heteroatoms. The fraction of sp³-hybridized carbons (Fsp3) is 0.474. The topological polar surface area (TPSA) is 9.23 Å².